The minimum atomic E-state index is -0.302. The molecule has 0 amide bonds. The first-order valence-electron chi connectivity index (χ1n) is 7.26. The lowest BCUT2D eigenvalue weighted by molar-refractivity contribution is 0.542. The Morgan fingerprint density at radius 1 is 1.27 bits per heavy atom. The fraction of sp³-hybridized carbons (Fsp3) is 0.375. The lowest BCUT2D eigenvalue weighted by Crippen LogP contribution is -2.33. The molecule has 0 radical (unpaired) electrons. The third kappa shape index (κ3) is 4.01. The fourth-order valence-corrected chi connectivity index (χ4v) is 2.29. The SMILES string of the molecule is CC(C)[C@@H](CNc1cnn(C)c(=O)c1Cl)Nc1ccccc1. The van der Waals surface area contributed by atoms with Crippen LogP contribution in [0.3, 0.4) is 0 Å². The molecule has 1 aromatic carbocycles. The molecule has 0 aliphatic rings. The molecule has 0 fully saturated rings. The van der Waals surface area contributed by atoms with Crippen LogP contribution in [0.1, 0.15) is 13.8 Å². The maximum Gasteiger partial charge on any atom is 0.287 e. The minimum absolute atomic E-state index is 0.166. The predicted octanol–water partition coefficient (Wildman–Crippen LogP) is 2.98. The second-order valence-electron chi connectivity index (χ2n) is 5.54. The van der Waals surface area contributed by atoms with Crippen molar-refractivity contribution in [3.63, 3.8) is 0 Å². The number of nitrogens with zero attached hydrogens (tertiary/aromatic N) is 2. The molecule has 0 unspecified atom stereocenters. The van der Waals surface area contributed by atoms with Crippen molar-refractivity contribution in [1.82, 2.24) is 9.78 Å². The molecule has 1 heterocycles. The standard InChI is InChI=1S/C16H21ClN4O/c1-11(2)13(20-12-7-5-4-6-8-12)9-18-14-10-19-21(3)16(22)15(14)17/h4-8,10-11,13,18,20H,9H2,1-3H3/t13-/m1/s1. The summed E-state index contributed by atoms with van der Waals surface area (Å²) in [5.41, 5.74) is 1.32. The summed E-state index contributed by atoms with van der Waals surface area (Å²) in [6, 6.07) is 10.2. The van der Waals surface area contributed by atoms with Crippen LogP contribution >= 0.6 is 11.6 Å². The Morgan fingerprint density at radius 2 is 1.95 bits per heavy atom. The summed E-state index contributed by atoms with van der Waals surface area (Å²) in [5, 5.41) is 10.8. The van der Waals surface area contributed by atoms with Crippen molar-refractivity contribution >= 4 is 23.0 Å². The van der Waals surface area contributed by atoms with Crippen molar-refractivity contribution in [1.29, 1.82) is 0 Å². The topological polar surface area (TPSA) is 59.0 Å². The van der Waals surface area contributed by atoms with Gasteiger partial charge in [0.25, 0.3) is 5.56 Å². The van der Waals surface area contributed by atoms with E-state index in [0.29, 0.717) is 18.2 Å². The molecular formula is C16H21ClN4O. The van der Waals surface area contributed by atoms with Gasteiger partial charge in [-0.2, -0.15) is 5.10 Å². The van der Waals surface area contributed by atoms with Crippen LogP contribution in [0.4, 0.5) is 11.4 Å². The van der Waals surface area contributed by atoms with Crippen LogP contribution < -0.4 is 16.2 Å². The molecule has 0 saturated carbocycles. The maximum absolute atomic E-state index is 11.8. The lowest BCUT2D eigenvalue weighted by Gasteiger charge is -2.24. The number of nitrogens with one attached hydrogen (secondary N) is 2. The van der Waals surface area contributed by atoms with Crippen LogP contribution in [0.2, 0.25) is 5.02 Å². The summed E-state index contributed by atoms with van der Waals surface area (Å²) in [6.45, 7) is 4.93. The molecular weight excluding hydrogens is 300 g/mol. The first-order chi connectivity index (χ1) is 10.5. The van der Waals surface area contributed by atoms with Gasteiger partial charge < -0.3 is 10.6 Å². The number of hydrogen-bond acceptors (Lipinski definition) is 4. The van der Waals surface area contributed by atoms with Gasteiger partial charge in [0.15, 0.2) is 0 Å². The number of aryl methyl sites for hydroxylation is 1. The third-order valence-corrected chi connectivity index (χ3v) is 3.89. The monoisotopic (exact) mass is 320 g/mol. The van der Waals surface area contributed by atoms with Gasteiger partial charge in [0.05, 0.1) is 11.9 Å². The number of anilines is 2. The van der Waals surface area contributed by atoms with E-state index in [4.69, 9.17) is 11.6 Å². The molecule has 1 aromatic heterocycles. The Hall–Kier alpha value is -2.01. The van der Waals surface area contributed by atoms with E-state index in [9.17, 15) is 4.79 Å². The van der Waals surface area contributed by atoms with Crippen LogP contribution in [-0.2, 0) is 7.05 Å². The second kappa shape index (κ2) is 7.31. The van der Waals surface area contributed by atoms with Crippen molar-refractivity contribution in [3.8, 4) is 0 Å². The number of para-hydroxylation sites is 1. The highest BCUT2D eigenvalue weighted by molar-refractivity contribution is 6.32. The molecule has 0 spiro atoms. The first-order valence-corrected chi connectivity index (χ1v) is 7.64. The lowest BCUT2D eigenvalue weighted by atomic mass is 10.0. The van der Waals surface area contributed by atoms with Crippen molar-refractivity contribution in [3.05, 3.63) is 51.9 Å². The van der Waals surface area contributed by atoms with Gasteiger partial charge in [0, 0.05) is 25.3 Å². The number of hydrogen-bond donors (Lipinski definition) is 2. The Bertz CT molecular complexity index is 670. The van der Waals surface area contributed by atoms with E-state index in [0.717, 1.165) is 5.69 Å². The van der Waals surface area contributed by atoms with Gasteiger partial charge in [-0.25, -0.2) is 4.68 Å². The fourth-order valence-electron chi connectivity index (χ4n) is 2.06. The Morgan fingerprint density at radius 3 is 2.59 bits per heavy atom. The zero-order chi connectivity index (χ0) is 16.1. The molecule has 118 valence electrons. The third-order valence-electron chi connectivity index (χ3n) is 3.52. The van der Waals surface area contributed by atoms with Crippen LogP contribution in [-0.4, -0.2) is 22.4 Å². The average molecular weight is 321 g/mol. The summed E-state index contributed by atoms with van der Waals surface area (Å²) in [4.78, 5) is 11.8. The largest absolute Gasteiger partial charge is 0.380 e. The van der Waals surface area contributed by atoms with Gasteiger partial charge in [-0.15, -0.1) is 0 Å². The van der Waals surface area contributed by atoms with Crippen molar-refractivity contribution in [2.45, 2.75) is 19.9 Å². The molecule has 0 saturated heterocycles. The summed E-state index contributed by atoms with van der Waals surface area (Å²) in [7, 11) is 1.58. The molecule has 2 aromatic rings. The number of rotatable bonds is 6. The van der Waals surface area contributed by atoms with Crippen molar-refractivity contribution < 1.29 is 0 Å². The van der Waals surface area contributed by atoms with E-state index in [1.54, 1.807) is 13.2 Å². The Kier molecular flexibility index (Phi) is 5.44. The quantitative estimate of drug-likeness (QED) is 0.859. The summed E-state index contributed by atoms with van der Waals surface area (Å²) < 4.78 is 1.22. The highest BCUT2D eigenvalue weighted by Gasteiger charge is 2.14. The highest BCUT2D eigenvalue weighted by atomic mass is 35.5. The van der Waals surface area contributed by atoms with Gasteiger partial charge in [-0.05, 0) is 18.1 Å². The van der Waals surface area contributed by atoms with E-state index in [1.165, 1.54) is 4.68 Å². The van der Waals surface area contributed by atoms with Gasteiger partial charge in [-0.3, -0.25) is 4.79 Å². The molecule has 5 nitrogen and oxygen atoms in total. The van der Waals surface area contributed by atoms with E-state index < -0.39 is 0 Å². The Labute approximate surface area is 135 Å². The van der Waals surface area contributed by atoms with E-state index in [-0.39, 0.29) is 16.6 Å². The highest BCUT2D eigenvalue weighted by Crippen LogP contribution is 2.17. The molecule has 0 aliphatic carbocycles. The molecule has 2 N–H and O–H groups in total. The number of aromatic nitrogens is 2. The van der Waals surface area contributed by atoms with E-state index in [2.05, 4.69) is 29.6 Å². The smallest absolute Gasteiger partial charge is 0.287 e. The zero-order valence-electron chi connectivity index (χ0n) is 13.0. The van der Waals surface area contributed by atoms with Crippen molar-refractivity contribution in [2.24, 2.45) is 13.0 Å². The van der Waals surface area contributed by atoms with Gasteiger partial charge in [0.1, 0.15) is 5.02 Å². The summed E-state index contributed by atoms with van der Waals surface area (Å²) >= 11 is 6.07. The second-order valence-corrected chi connectivity index (χ2v) is 5.92. The molecule has 0 aliphatic heterocycles. The van der Waals surface area contributed by atoms with Crippen molar-refractivity contribution in [2.75, 3.05) is 17.2 Å². The molecule has 22 heavy (non-hydrogen) atoms. The van der Waals surface area contributed by atoms with E-state index >= 15 is 0 Å². The predicted molar refractivity (Wildman–Crippen MR) is 91.7 cm³/mol. The van der Waals surface area contributed by atoms with Gasteiger partial charge in [-0.1, -0.05) is 43.6 Å². The van der Waals surface area contributed by atoms with Gasteiger partial charge in [0.2, 0.25) is 0 Å². The zero-order valence-corrected chi connectivity index (χ0v) is 13.8. The average Bonchev–Trinajstić information content (AvgIpc) is 2.51. The number of benzene rings is 1. The normalized spacial score (nSPS) is 12.2. The molecule has 2 rings (SSSR count). The van der Waals surface area contributed by atoms with E-state index in [1.807, 2.05) is 30.3 Å². The number of halogens is 1. The molecule has 1 atom stereocenters. The summed E-state index contributed by atoms with van der Waals surface area (Å²) in [5.74, 6) is 0.408. The summed E-state index contributed by atoms with van der Waals surface area (Å²) in [6.07, 6.45) is 1.57. The minimum Gasteiger partial charge on any atom is -0.380 e. The molecule has 0 bridgehead atoms. The van der Waals surface area contributed by atoms with Crippen LogP contribution in [0.15, 0.2) is 41.3 Å². The van der Waals surface area contributed by atoms with Gasteiger partial charge >= 0.3 is 0 Å². The Balaban J connectivity index is 2.07. The van der Waals surface area contributed by atoms with Crippen LogP contribution in [0.25, 0.3) is 0 Å². The van der Waals surface area contributed by atoms with Crippen LogP contribution in [0, 0.1) is 5.92 Å². The molecule has 6 heteroatoms. The first kappa shape index (κ1) is 16.4. The van der Waals surface area contributed by atoms with Crippen LogP contribution in [0.5, 0.6) is 0 Å². The maximum atomic E-state index is 11.8.